The quantitative estimate of drug-likeness (QED) is 0.585. The van der Waals surface area contributed by atoms with Gasteiger partial charge in [-0.3, -0.25) is 0 Å². The fraction of sp³-hybridized carbons (Fsp3) is 0.222. The molecule has 0 nitrogen and oxygen atoms in total. The van der Waals surface area contributed by atoms with Crippen molar-refractivity contribution in [3.63, 3.8) is 0 Å². The molecule has 0 amide bonds. The summed E-state index contributed by atoms with van der Waals surface area (Å²) in [5, 5.41) is 0. The molecule has 0 aliphatic heterocycles. The van der Waals surface area contributed by atoms with Gasteiger partial charge in [0.2, 0.25) is 0 Å². The van der Waals surface area contributed by atoms with Gasteiger partial charge in [0, 0.05) is 12.8 Å². The van der Waals surface area contributed by atoms with E-state index in [4.69, 9.17) is 0 Å². The van der Waals surface area contributed by atoms with Gasteiger partial charge in [0.15, 0.2) is 0 Å². The topological polar surface area (TPSA) is 0 Å². The van der Waals surface area contributed by atoms with Crippen LogP contribution >= 0.6 is 0 Å². The van der Waals surface area contributed by atoms with E-state index < -0.39 is 0 Å². The Kier molecular flexibility index (Phi) is 4.92. The molecule has 0 saturated heterocycles. The molecule has 88 valence electrons. The minimum absolute atomic E-state index is 0.878. The number of fused-ring (bicyclic) bond motifs is 1. The zero-order chi connectivity index (χ0) is 12.5. The molecule has 1 aromatic carbocycles. The number of rotatable bonds is 0. The summed E-state index contributed by atoms with van der Waals surface area (Å²) in [6, 6.07) is 8.44. The molecule has 1 aromatic rings. The molecule has 18 heavy (non-hydrogen) atoms. The van der Waals surface area contributed by atoms with E-state index in [0.717, 1.165) is 25.7 Å². The van der Waals surface area contributed by atoms with Crippen molar-refractivity contribution in [3.8, 4) is 23.7 Å². The molecular weight excluding hydrogens is 216 g/mol. The lowest BCUT2D eigenvalue weighted by atomic mass is 10.1. The van der Waals surface area contributed by atoms with Crippen molar-refractivity contribution < 1.29 is 0 Å². The summed E-state index contributed by atoms with van der Waals surface area (Å²) >= 11 is 0. The number of allylic oxidation sites excluding steroid dienone is 2. The van der Waals surface area contributed by atoms with Crippen molar-refractivity contribution >= 4 is 12.2 Å². The third kappa shape index (κ3) is 4.00. The minimum Gasteiger partial charge on any atom is -0.0888 e. The van der Waals surface area contributed by atoms with Gasteiger partial charge < -0.3 is 0 Å². The molecule has 0 aromatic heterocycles. The van der Waals surface area contributed by atoms with Crippen LogP contribution in [0.3, 0.4) is 0 Å². The lowest BCUT2D eigenvalue weighted by Crippen LogP contribution is -1.80. The Morgan fingerprint density at radius 2 is 1.22 bits per heavy atom. The van der Waals surface area contributed by atoms with E-state index in [2.05, 4.69) is 72.3 Å². The lowest BCUT2D eigenvalue weighted by molar-refractivity contribution is 1.09. The van der Waals surface area contributed by atoms with Crippen molar-refractivity contribution in [1.29, 1.82) is 0 Å². The molecule has 2 rings (SSSR count). The van der Waals surface area contributed by atoms with Gasteiger partial charge in [-0.2, -0.15) is 0 Å². The highest BCUT2D eigenvalue weighted by Gasteiger charge is 1.93. The van der Waals surface area contributed by atoms with Gasteiger partial charge in [-0.15, -0.1) is 0 Å². The molecule has 0 unspecified atom stereocenters. The molecule has 1 aliphatic carbocycles. The van der Waals surface area contributed by atoms with Crippen LogP contribution < -0.4 is 0 Å². The molecule has 0 heteroatoms. The summed E-state index contributed by atoms with van der Waals surface area (Å²) in [7, 11) is 0. The predicted molar refractivity (Wildman–Crippen MR) is 78.5 cm³/mol. The van der Waals surface area contributed by atoms with Crippen LogP contribution in [-0.4, -0.2) is 0 Å². The molecule has 0 saturated carbocycles. The van der Waals surface area contributed by atoms with Crippen LogP contribution in [-0.2, 0) is 0 Å². The van der Waals surface area contributed by atoms with Crippen LogP contribution in [0.25, 0.3) is 12.2 Å². The van der Waals surface area contributed by atoms with Gasteiger partial charge in [-0.25, -0.2) is 0 Å². The zero-order valence-corrected chi connectivity index (χ0v) is 10.4. The summed E-state index contributed by atoms with van der Waals surface area (Å²) < 4.78 is 0. The van der Waals surface area contributed by atoms with Gasteiger partial charge in [-0.05, 0) is 35.8 Å². The molecule has 0 spiro atoms. The average Bonchev–Trinajstić information content (AvgIpc) is 2.41. The van der Waals surface area contributed by atoms with Crippen LogP contribution in [0, 0.1) is 23.7 Å². The highest BCUT2D eigenvalue weighted by Crippen LogP contribution is 2.14. The Morgan fingerprint density at radius 1 is 0.722 bits per heavy atom. The van der Waals surface area contributed by atoms with Gasteiger partial charge in [0.1, 0.15) is 0 Å². The second kappa shape index (κ2) is 7.21. The SMILES string of the molecule is C1#CCC/C=C/c2ccccc2/C=C/CCC#C1. The number of hydrogen-bond acceptors (Lipinski definition) is 0. The highest BCUT2D eigenvalue weighted by atomic mass is 14.0. The molecule has 1 aliphatic rings. The molecule has 0 radical (unpaired) electrons. The van der Waals surface area contributed by atoms with Crippen molar-refractivity contribution in [1.82, 2.24) is 0 Å². The number of hydrogen-bond donors (Lipinski definition) is 0. The molecule has 0 N–H and O–H groups in total. The molecule has 0 heterocycles. The van der Waals surface area contributed by atoms with Crippen LogP contribution in [0.4, 0.5) is 0 Å². The summed E-state index contributed by atoms with van der Waals surface area (Å²) in [5.74, 6) is 11.9. The Labute approximate surface area is 109 Å². The third-order valence-corrected chi connectivity index (χ3v) is 2.70. The first-order valence-corrected chi connectivity index (χ1v) is 6.34. The zero-order valence-electron chi connectivity index (χ0n) is 10.4. The Balaban J connectivity index is 2.21. The van der Waals surface area contributed by atoms with Gasteiger partial charge in [0.05, 0.1) is 0 Å². The van der Waals surface area contributed by atoms with Crippen LogP contribution in [0.1, 0.15) is 36.8 Å². The normalized spacial score (nSPS) is 18.0. The Morgan fingerprint density at radius 3 is 1.72 bits per heavy atom. The standard InChI is InChI=1S/C18H16/c1-2-4-6-8-10-14-18-16-12-11-15-17(18)13-9-7-5-3-1/h9-16H,5-8H2/b13-9+,14-10+. The summed E-state index contributed by atoms with van der Waals surface area (Å²) in [4.78, 5) is 0. The van der Waals surface area contributed by atoms with Crippen molar-refractivity contribution in [2.24, 2.45) is 0 Å². The second-order valence-electron chi connectivity index (χ2n) is 4.11. The van der Waals surface area contributed by atoms with E-state index in [1.165, 1.54) is 11.1 Å². The van der Waals surface area contributed by atoms with Gasteiger partial charge in [0.25, 0.3) is 0 Å². The number of benzene rings is 1. The largest absolute Gasteiger partial charge is 0.0888 e. The molecule has 0 atom stereocenters. The van der Waals surface area contributed by atoms with Crippen LogP contribution in [0.15, 0.2) is 36.4 Å². The van der Waals surface area contributed by atoms with E-state index in [0.29, 0.717) is 0 Å². The van der Waals surface area contributed by atoms with Gasteiger partial charge in [-0.1, -0.05) is 60.4 Å². The van der Waals surface area contributed by atoms with Crippen molar-refractivity contribution in [2.45, 2.75) is 25.7 Å². The van der Waals surface area contributed by atoms with Crippen molar-refractivity contribution in [3.05, 3.63) is 47.5 Å². The maximum Gasteiger partial charge on any atom is 0.0134 e. The van der Waals surface area contributed by atoms with Crippen molar-refractivity contribution in [2.75, 3.05) is 0 Å². The Hall–Kier alpha value is -2.18. The summed E-state index contributed by atoms with van der Waals surface area (Å²) in [6.45, 7) is 0. The minimum atomic E-state index is 0.878. The monoisotopic (exact) mass is 232 g/mol. The van der Waals surface area contributed by atoms with E-state index in [1.54, 1.807) is 0 Å². The maximum atomic E-state index is 3.07. The summed E-state index contributed by atoms with van der Waals surface area (Å²) in [5.41, 5.74) is 2.54. The van der Waals surface area contributed by atoms with Crippen LogP contribution in [0.5, 0.6) is 0 Å². The Bertz CT molecular complexity index is 512. The first-order valence-electron chi connectivity index (χ1n) is 6.34. The fourth-order valence-electron chi connectivity index (χ4n) is 1.76. The lowest BCUT2D eigenvalue weighted by Gasteiger charge is -2.00. The van der Waals surface area contributed by atoms with E-state index in [-0.39, 0.29) is 0 Å². The third-order valence-electron chi connectivity index (χ3n) is 2.70. The fourth-order valence-corrected chi connectivity index (χ4v) is 1.76. The highest BCUT2D eigenvalue weighted by molar-refractivity contribution is 5.65. The molecule has 0 bridgehead atoms. The smallest absolute Gasteiger partial charge is 0.0134 e. The maximum absolute atomic E-state index is 3.07. The van der Waals surface area contributed by atoms with E-state index >= 15 is 0 Å². The molecular formula is C18H16. The molecule has 0 fully saturated rings. The summed E-state index contributed by atoms with van der Waals surface area (Å²) in [6.07, 6.45) is 12.4. The van der Waals surface area contributed by atoms with E-state index in [9.17, 15) is 0 Å². The second-order valence-corrected chi connectivity index (χ2v) is 4.11. The average molecular weight is 232 g/mol. The predicted octanol–water partition coefficient (Wildman–Crippen LogP) is 4.29. The first kappa shape index (κ1) is 12.3. The van der Waals surface area contributed by atoms with Gasteiger partial charge >= 0.3 is 0 Å². The van der Waals surface area contributed by atoms with E-state index in [1.807, 2.05) is 0 Å². The first-order chi connectivity index (χ1) is 8.97. The van der Waals surface area contributed by atoms with Crippen LogP contribution in [0.2, 0.25) is 0 Å².